The van der Waals surface area contributed by atoms with Crippen molar-refractivity contribution in [3.63, 3.8) is 0 Å². The summed E-state index contributed by atoms with van der Waals surface area (Å²) in [5.74, 6) is 0.444. The van der Waals surface area contributed by atoms with Crippen LogP contribution in [0.4, 0.5) is 21.7 Å². The van der Waals surface area contributed by atoms with Crippen LogP contribution in [0.25, 0.3) is 22.3 Å². The lowest BCUT2D eigenvalue weighted by Crippen LogP contribution is -2.46. The van der Waals surface area contributed by atoms with Crippen molar-refractivity contribution < 1.29 is 28.3 Å². The van der Waals surface area contributed by atoms with Crippen molar-refractivity contribution in [2.75, 3.05) is 61.9 Å². The molecule has 0 bridgehead atoms. The molecule has 3 aromatic carbocycles. The summed E-state index contributed by atoms with van der Waals surface area (Å²) >= 11 is 0. The normalized spacial score (nSPS) is 16.6. The number of amides is 4. The molecule has 0 unspecified atom stereocenters. The number of methoxy groups -OCH3 is 1. The number of fused-ring (bicyclic) bond motifs is 2. The van der Waals surface area contributed by atoms with Crippen molar-refractivity contribution in [3.05, 3.63) is 119 Å². The van der Waals surface area contributed by atoms with E-state index >= 15 is 0 Å². The Morgan fingerprint density at radius 1 is 0.864 bits per heavy atom. The summed E-state index contributed by atoms with van der Waals surface area (Å²) in [6, 6.07) is 22.2. The van der Waals surface area contributed by atoms with E-state index in [1.165, 1.54) is 36.8 Å². The first-order chi connectivity index (χ1) is 32.1. The van der Waals surface area contributed by atoms with Crippen molar-refractivity contribution in [3.8, 4) is 17.0 Å². The molecule has 0 atom stereocenters. The molecule has 3 fully saturated rings. The number of nitrogens with two attached hydrogens (primary N) is 1. The number of pyridine rings is 1. The average Bonchev–Trinajstić information content (AvgIpc) is 3.92. The first-order valence-electron chi connectivity index (χ1n) is 22.2. The number of nitrogens with one attached hydrogen (secondary N) is 3. The fraction of sp³-hybridized carbons (Fsp3) is 0.333. The van der Waals surface area contributed by atoms with Gasteiger partial charge in [0.15, 0.2) is 5.65 Å². The Morgan fingerprint density at radius 2 is 1.62 bits per heavy atom. The Kier molecular flexibility index (Phi) is 12.8. The molecule has 340 valence electrons. The highest BCUT2D eigenvalue weighted by molar-refractivity contribution is 6.00. The lowest BCUT2D eigenvalue weighted by Gasteiger charge is -2.36. The van der Waals surface area contributed by atoms with Gasteiger partial charge < -0.3 is 30.9 Å². The molecule has 0 radical (unpaired) electrons. The minimum absolute atomic E-state index is 0.0186. The smallest absolute Gasteiger partial charge is 0.255 e. The lowest BCUT2D eigenvalue weighted by atomic mass is 10.0. The number of aromatic nitrogens is 5. The molecule has 17 nitrogen and oxygen atoms in total. The number of carbonyl (C=O) groups excluding carboxylic acids is 4. The van der Waals surface area contributed by atoms with Gasteiger partial charge in [-0.25, -0.2) is 24.0 Å². The number of hydrogen-bond acceptors (Lipinski definition) is 13. The number of benzene rings is 3. The Balaban J connectivity index is 0.000000621. The van der Waals surface area contributed by atoms with Crippen LogP contribution in [-0.4, -0.2) is 99.6 Å². The van der Waals surface area contributed by atoms with Crippen LogP contribution in [-0.2, 0) is 29.2 Å². The minimum Gasteiger partial charge on any atom is -0.496 e. The molecule has 7 heterocycles. The molecule has 6 aromatic rings. The van der Waals surface area contributed by atoms with Gasteiger partial charge in [-0.1, -0.05) is 30.3 Å². The van der Waals surface area contributed by atoms with Gasteiger partial charge in [0, 0.05) is 94.8 Å². The molecule has 10 rings (SSSR count). The molecule has 5 N–H and O–H groups in total. The molecule has 18 heteroatoms. The van der Waals surface area contributed by atoms with E-state index in [1.807, 2.05) is 41.2 Å². The maximum atomic E-state index is 13.8. The highest BCUT2D eigenvalue weighted by Crippen LogP contribution is 2.35. The van der Waals surface area contributed by atoms with Gasteiger partial charge in [-0.2, -0.15) is 5.10 Å². The van der Waals surface area contributed by atoms with Gasteiger partial charge >= 0.3 is 0 Å². The molecule has 4 aliphatic heterocycles. The van der Waals surface area contributed by atoms with Crippen LogP contribution in [0.1, 0.15) is 75.6 Å². The number of anilines is 3. The summed E-state index contributed by atoms with van der Waals surface area (Å²) in [7, 11) is 1.44. The molecular formula is C48H51FN12O5. The van der Waals surface area contributed by atoms with E-state index in [4.69, 9.17) is 20.6 Å². The molecule has 66 heavy (non-hydrogen) atoms. The number of carbonyl (C=O) groups is 4. The zero-order valence-corrected chi connectivity index (χ0v) is 36.6. The van der Waals surface area contributed by atoms with Gasteiger partial charge in [0.25, 0.3) is 11.8 Å². The van der Waals surface area contributed by atoms with Gasteiger partial charge in [-0.05, 0) is 78.4 Å². The first-order valence-corrected chi connectivity index (χ1v) is 22.2. The largest absolute Gasteiger partial charge is 0.496 e. The van der Waals surface area contributed by atoms with E-state index in [9.17, 15) is 23.6 Å². The molecule has 0 spiro atoms. The predicted molar refractivity (Wildman–Crippen MR) is 246 cm³/mol. The van der Waals surface area contributed by atoms with Crippen LogP contribution in [0.2, 0.25) is 0 Å². The van der Waals surface area contributed by atoms with E-state index < -0.39 is 11.7 Å². The minimum atomic E-state index is -0.512. The highest BCUT2D eigenvalue weighted by Gasteiger charge is 2.28. The van der Waals surface area contributed by atoms with Gasteiger partial charge in [-0.15, -0.1) is 0 Å². The number of piperidine rings is 2. The second-order valence-electron chi connectivity index (χ2n) is 16.8. The zero-order valence-electron chi connectivity index (χ0n) is 36.6. The summed E-state index contributed by atoms with van der Waals surface area (Å²) in [5.41, 5.74) is 13.9. The second kappa shape index (κ2) is 19.3. The van der Waals surface area contributed by atoms with Crippen LogP contribution in [0.3, 0.4) is 0 Å². The quantitative estimate of drug-likeness (QED) is 0.137. The Bertz CT molecular complexity index is 2750. The zero-order chi connectivity index (χ0) is 45.7. The molecular weight excluding hydrogens is 844 g/mol. The SMILES string of the molecule is COc1ccc(F)cc1C(=O)NCc1ccc(-c2nn(C3CCN(c4ccc(CN5CCN(c6ccc7c(c6)CNC7=O)CC5)cn4)CC3)c3ncnc(N)c23)cc1.O=C1CCCC(=O)N1. The van der Waals surface area contributed by atoms with Crippen LogP contribution in [0.15, 0.2) is 85.3 Å². The Hall–Kier alpha value is -7.47. The number of piperazine rings is 1. The van der Waals surface area contributed by atoms with Crippen molar-refractivity contribution >= 4 is 52.0 Å². The third kappa shape index (κ3) is 9.63. The molecule has 3 aromatic heterocycles. The topological polar surface area (TPSA) is 206 Å². The van der Waals surface area contributed by atoms with Gasteiger partial charge in [0.1, 0.15) is 35.2 Å². The lowest BCUT2D eigenvalue weighted by molar-refractivity contribution is -0.133. The molecule has 0 aliphatic carbocycles. The number of hydrogen-bond donors (Lipinski definition) is 4. The van der Waals surface area contributed by atoms with E-state index in [0.29, 0.717) is 54.1 Å². The molecule has 4 aliphatic rings. The van der Waals surface area contributed by atoms with Crippen molar-refractivity contribution in [1.82, 2.24) is 45.6 Å². The summed E-state index contributed by atoms with van der Waals surface area (Å²) in [4.78, 5) is 66.4. The fourth-order valence-corrected chi connectivity index (χ4v) is 8.93. The Morgan fingerprint density at radius 3 is 2.32 bits per heavy atom. The second-order valence-corrected chi connectivity index (χ2v) is 16.8. The van der Waals surface area contributed by atoms with Gasteiger partial charge in [0.05, 0.1) is 24.1 Å². The number of nitrogen functional groups attached to an aromatic ring is 1. The van der Waals surface area contributed by atoms with E-state index in [-0.39, 0.29) is 35.9 Å². The number of halogens is 1. The summed E-state index contributed by atoms with van der Waals surface area (Å²) in [6.45, 7) is 7.17. The summed E-state index contributed by atoms with van der Waals surface area (Å²) in [5, 5.41) is 13.7. The maximum Gasteiger partial charge on any atom is 0.255 e. The van der Waals surface area contributed by atoms with Crippen LogP contribution in [0, 0.1) is 5.82 Å². The summed E-state index contributed by atoms with van der Waals surface area (Å²) < 4.78 is 21.1. The molecule has 4 amide bonds. The van der Waals surface area contributed by atoms with Gasteiger partial charge in [-0.3, -0.25) is 29.4 Å². The Labute approximate surface area is 380 Å². The van der Waals surface area contributed by atoms with Crippen molar-refractivity contribution in [1.29, 1.82) is 0 Å². The van der Waals surface area contributed by atoms with Crippen LogP contribution < -0.4 is 36.2 Å². The first kappa shape index (κ1) is 43.8. The summed E-state index contributed by atoms with van der Waals surface area (Å²) in [6.07, 6.45) is 6.93. The maximum absolute atomic E-state index is 13.8. The number of nitrogens with zero attached hydrogens (tertiary/aromatic N) is 8. The number of ether oxygens (including phenoxy) is 1. The average molecular weight is 895 g/mol. The third-order valence-electron chi connectivity index (χ3n) is 12.6. The third-order valence-corrected chi connectivity index (χ3v) is 12.6. The van der Waals surface area contributed by atoms with Crippen LogP contribution in [0.5, 0.6) is 5.75 Å². The standard InChI is InChI=1S/C43H44FN11O3.C5H7NO2/c1-58-36-10-7-31(44)21-35(36)43(57)47-22-27-2-5-29(6-3-27)39-38-40(45)49-26-50-41(38)55(51-39)32-12-14-54(15-13-32)37-11-4-28(23-46-37)25-52-16-18-53(19-17-52)33-8-9-34-30(20-33)24-48-42(34)56;7-4-2-1-3-5(8)6-4/h2-11,20-21,23,26,32H,12-19,22,24-25H2,1H3,(H,47,57)(H,48,56)(H2,45,49,50);1-3H2,(H,6,7,8). The van der Waals surface area contributed by atoms with Gasteiger partial charge in [0.2, 0.25) is 11.8 Å². The number of rotatable bonds is 10. The van der Waals surface area contributed by atoms with E-state index in [2.05, 4.69) is 64.9 Å². The van der Waals surface area contributed by atoms with Crippen molar-refractivity contribution in [2.45, 2.75) is 57.8 Å². The van der Waals surface area contributed by atoms with Crippen LogP contribution >= 0.6 is 0 Å². The highest BCUT2D eigenvalue weighted by atomic mass is 19.1. The molecule has 0 saturated carbocycles. The van der Waals surface area contributed by atoms with Crippen molar-refractivity contribution in [2.24, 2.45) is 0 Å². The predicted octanol–water partition coefficient (Wildman–Crippen LogP) is 4.77. The molecule has 3 saturated heterocycles. The van der Waals surface area contributed by atoms with E-state index in [1.54, 1.807) is 0 Å². The monoisotopic (exact) mass is 894 g/mol. The van der Waals surface area contributed by atoms with E-state index in [0.717, 1.165) is 92.8 Å². The fourth-order valence-electron chi connectivity index (χ4n) is 8.93. The number of imide groups is 1.